The molecule has 0 aliphatic rings. The first-order valence-electron chi connectivity index (χ1n) is 4.22. The molecule has 0 saturated heterocycles. The lowest BCUT2D eigenvalue weighted by Gasteiger charge is -2.05. The fourth-order valence-corrected chi connectivity index (χ4v) is 1.02. The standard InChI is InChI=1S/C9H19N/c1-5-9(10-6-2)7-8(3)4/h8H,5-7H2,1-4H3. The lowest BCUT2D eigenvalue weighted by molar-refractivity contribution is 0.676. The first-order chi connectivity index (χ1) is 4.70. The Kier molecular flexibility index (Phi) is 5.27. The molecule has 0 aliphatic carbocycles. The van der Waals surface area contributed by atoms with Crippen LogP contribution in [0.15, 0.2) is 4.99 Å². The van der Waals surface area contributed by atoms with Crippen molar-refractivity contribution in [2.75, 3.05) is 6.54 Å². The minimum atomic E-state index is 0.755. The highest BCUT2D eigenvalue weighted by Crippen LogP contribution is 2.03. The third kappa shape index (κ3) is 4.54. The topological polar surface area (TPSA) is 12.4 Å². The monoisotopic (exact) mass is 141 g/mol. The molecule has 0 amide bonds. The smallest absolute Gasteiger partial charge is 0.0360 e. The van der Waals surface area contributed by atoms with Gasteiger partial charge < -0.3 is 0 Å². The van der Waals surface area contributed by atoms with Crippen LogP contribution < -0.4 is 0 Å². The minimum Gasteiger partial charge on any atom is -0.294 e. The number of hydrogen-bond donors (Lipinski definition) is 0. The van der Waals surface area contributed by atoms with Gasteiger partial charge in [0.15, 0.2) is 0 Å². The first kappa shape index (κ1) is 9.67. The molecule has 1 heteroatoms. The van der Waals surface area contributed by atoms with Crippen LogP contribution in [0.2, 0.25) is 0 Å². The lowest BCUT2D eigenvalue weighted by Crippen LogP contribution is -2.01. The molecule has 0 bridgehead atoms. The fraction of sp³-hybridized carbons (Fsp3) is 0.889. The van der Waals surface area contributed by atoms with Crippen molar-refractivity contribution in [1.82, 2.24) is 0 Å². The summed E-state index contributed by atoms with van der Waals surface area (Å²) in [5.74, 6) is 0.755. The SMILES string of the molecule is CCN=C(CC)CC(C)C. The van der Waals surface area contributed by atoms with Crippen LogP contribution in [0.1, 0.15) is 40.5 Å². The van der Waals surface area contributed by atoms with Crippen LogP contribution in [0.5, 0.6) is 0 Å². The summed E-state index contributed by atoms with van der Waals surface area (Å²) in [6.45, 7) is 9.68. The average molecular weight is 141 g/mol. The molecule has 0 fully saturated rings. The van der Waals surface area contributed by atoms with Gasteiger partial charge in [0.05, 0.1) is 0 Å². The Balaban J connectivity index is 3.71. The molecule has 0 rings (SSSR count). The van der Waals surface area contributed by atoms with Crippen LogP contribution in [0.25, 0.3) is 0 Å². The molecule has 0 aromatic rings. The van der Waals surface area contributed by atoms with E-state index in [0.29, 0.717) is 0 Å². The molecule has 0 aliphatic heterocycles. The zero-order valence-corrected chi connectivity index (χ0v) is 7.65. The quantitative estimate of drug-likeness (QED) is 0.534. The molecule has 0 N–H and O–H groups in total. The lowest BCUT2D eigenvalue weighted by atomic mass is 10.1. The summed E-state index contributed by atoms with van der Waals surface area (Å²) in [5, 5.41) is 0. The van der Waals surface area contributed by atoms with E-state index in [1.165, 1.54) is 12.1 Å². The van der Waals surface area contributed by atoms with Gasteiger partial charge in [-0.1, -0.05) is 20.8 Å². The van der Waals surface area contributed by atoms with Crippen LogP contribution in [0.3, 0.4) is 0 Å². The van der Waals surface area contributed by atoms with Gasteiger partial charge in [-0.2, -0.15) is 0 Å². The van der Waals surface area contributed by atoms with E-state index < -0.39 is 0 Å². The molecular weight excluding hydrogens is 122 g/mol. The Hall–Kier alpha value is -0.330. The highest BCUT2D eigenvalue weighted by molar-refractivity contribution is 5.84. The average Bonchev–Trinajstić information content (AvgIpc) is 1.86. The molecular formula is C9H19N. The molecule has 0 aromatic heterocycles. The van der Waals surface area contributed by atoms with Crippen LogP contribution in [-0.2, 0) is 0 Å². The Bertz CT molecular complexity index is 103. The molecule has 0 unspecified atom stereocenters. The van der Waals surface area contributed by atoms with Crippen molar-refractivity contribution in [3.63, 3.8) is 0 Å². The molecule has 1 nitrogen and oxygen atoms in total. The number of hydrogen-bond acceptors (Lipinski definition) is 1. The molecule has 10 heavy (non-hydrogen) atoms. The number of aliphatic imine (C=N–C) groups is 1. The molecule has 0 radical (unpaired) electrons. The Morgan fingerprint density at radius 2 is 1.90 bits per heavy atom. The summed E-state index contributed by atoms with van der Waals surface area (Å²) < 4.78 is 0. The highest BCUT2D eigenvalue weighted by atomic mass is 14.7. The predicted molar refractivity (Wildman–Crippen MR) is 47.7 cm³/mol. The summed E-state index contributed by atoms with van der Waals surface area (Å²) in [6.07, 6.45) is 2.29. The molecule has 0 heterocycles. The van der Waals surface area contributed by atoms with Gasteiger partial charge in [-0.15, -0.1) is 0 Å². The molecule has 0 spiro atoms. The van der Waals surface area contributed by atoms with Crippen molar-refractivity contribution in [3.05, 3.63) is 0 Å². The molecule has 0 saturated carbocycles. The van der Waals surface area contributed by atoms with Gasteiger partial charge in [0, 0.05) is 12.3 Å². The summed E-state index contributed by atoms with van der Waals surface area (Å²) in [6, 6.07) is 0. The summed E-state index contributed by atoms with van der Waals surface area (Å²) in [5.41, 5.74) is 1.37. The van der Waals surface area contributed by atoms with Gasteiger partial charge in [0.25, 0.3) is 0 Å². The Morgan fingerprint density at radius 3 is 2.20 bits per heavy atom. The van der Waals surface area contributed by atoms with Crippen molar-refractivity contribution in [3.8, 4) is 0 Å². The van der Waals surface area contributed by atoms with Gasteiger partial charge >= 0.3 is 0 Å². The normalized spacial score (nSPS) is 12.7. The van der Waals surface area contributed by atoms with E-state index >= 15 is 0 Å². The third-order valence-corrected chi connectivity index (χ3v) is 1.43. The second-order valence-corrected chi connectivity index (χ2v) is 2.99. The maximum absolute atomic E-state index is 4.40. The zero-order chi connectivity index (χ0) is 7.98. The maximum Gasteiger partial charge on any atom is 0.0360 e. The molecule has 60 valence electrons. The van der Waals surface area contributed by atoms with Crippen LogP contribution in [0, 0.1) is 5.92 Å². The molecule has 0 aromatic carbocycles. The van der Waals surface area contributed by atoms with Crippen molar-refractivity contribution >= 4 is 5.71 Å². The third-order valence-electron chi connectivity index (χ3n) is 1.43. The second kappa shape index (κ2) is 5.45. The highest BCUT2D eigenvalue weighted by Gasteiger charge is 1.98. The van der Waals surface area contributed by atoms with Gasteiger partial charge in [-0.05, 0) is 25.7 Å². The second-order valence-electron chi connectivity index (χ2n) is 2.99. The summed E-state index contributed by atoms with van der Waals surface area (Å²) >= 11 is 0. The summed E-state index contributed by atoms with van der Waals surface area (Å²) in [4.78, 5) is 4.40. The van der Waals surface area contributed by atoms with E-state index in [4.69, 9.17) is 0 Å². The van der Waals surface area contributed by atoms with E-state index in [0.717, 1.165) is 18.9 Å². The van der Waals surface area contributed by atoms with Gasteiger partial charge in [-0.25, -0.2) is 0 Å². The van der Waals surface area contributed by atoms with E-state index in [9.17, 15) is 0 Å². The minimum absolute atomic E-state index is 0.755. The Labute approximate surface area is 64.6 Å². The fourth-order valence-electron chi connectivity index (χ4n) is 1.02. The van der Waals surface area contributed by atoms with Crippen molar-refractivity contribution in [2.24, 2.45) is 10.9 Å². The summed E-state index contributed by atoms with van der Waals surface area (Å²) in [7, 11) is 0. The number of rotatable bonds is 4. The largest absolute Gasteiger partial charge is 0.294 e. The van der Waals surface area contributed by atoms with E-state index in [-0.39, 0.29) is 0 Å². The van der Waals surface area contributed by atoms with Crippen LogP contribution in [-0.4, -0.2) is 12.3 Å². The van der Waals surface area contributed by atoms with Crippen molar-refractivity contribution < 1.29 is 0 Å². The van der Waals surface area contributed by atoms with E-state index in [1.807, 2.05) is 0 Å². The number of nitrogens with zero attached hydrogens (tertiary/aromatic N) is 1. The van der Waals surface area contributed by atoms with Gasteiger partial charge in [0.1, 0.15) is 0 Å². The van der Waals surface area contributed by atoms with Crippen molar-refractivity contribution in [2.45, 2.75) is 40.5 Å². The zero-order valence-electron chi connectivity index (χ0n) is 7.65. The predicted octanol–water partition coefficient (Wildman–Crippen LogP) is 2.90. The van der Waals surface area contributed by atoms with Crippen LogP contribution in [0.4, 0.5) is 0 Å². The van der Waals surface area contributed by atoms with E-state index in [1.54, 1.807) is 0 Å². The van der Waals surface area contributed by atoms with E-state index in [2.05, 4.69) is 32.7 Å². The van der Waals surface area contributed by atoms with Crippen molar-refractivity contribution in [1.29, 1.82) is 0 Å². The van der Waals surface area contributed by atoms with Gasteiger partial charge in [0.2, 0.25) is 0 Å². The first-order valence-corrected chi connectivity index (χ1v) is 4.22. The maximum atomic E-state index is 4.40. The van der Waals surface area contributed by atoms with Gasteiger partial charge in [-0.3, -0.25) is 4.99 Å². The van der Waals surface area contributed by atoms with Crippen LogP contribution >= 0.6 is 0 Å². The molecule has 0 atom stereocenters. The Morgan fingerprint density at radius 1 is 1.30 bits per heavy atom.